The first-order chi connectivity index (χ1) is 14.0. The lowest BCUT2D eigenvalue weighted by Gasteiger charge is -2.21. The van der Waals surface area contributed by atoms with E-state index in [1.165, 1.54) is 14.1 Å². The summed E-state index contributed by atoms with van der Waals surface area (Å²) >= 11 is 2.36. The zero-order valence-electron chi connectivity index (χ0n) is 18.1. The summed E-state index contributed by atoms with van der Waals surface area (Å²) in [4.78, 5) is 31.2. The third kappa shape index (κ3) is 4.83. The fourth-order valence-corrected chi connectivity index (χ4v) is 3.86. The average molecular weight is 519 g/mol. The van der Waals surface area contributed by atoms with E-state index < -0.39 is 11.7 Å². The molecule has 1 aromatic heterocycles. The molecule has 7 heteroatoms. The highest BCUT2D eigenvalue weighted by molar-refractivity contribution is 14.1. The van der Waals surface area contributed by atoms with Crippen LogP contribution in [-0.4, -0.2) is 41.6 Å². The third-order valence-corrected chi connectivity index (χ3v) is 6.14. The van der Waals surface area contributed by atoms with Gasteiger partial charge in [-0.3, -0.25) is 15.1 Å². The number of fused-ring (bicyclic) bond motifs is 1. The van der Waals surface area contributed by atoms with Gasteiger partial charge in [0.2, 0.25) is 0 Å². The summed E-state index contributed by atoms with van der Waals surface area (Å²) in [5, 5.41) is 2.70. The number of pyridine rings is 1. The minimum absolute atomic E-state index is 0.206. The molecule has 0 unspecified atom stereocenters. The maximum absolute atomic E-state index is 12.8. The Kier molecular flexibility index (Phi) is 6.21. The first kappa shape index (κ1) is 22.3. The number of aromatic nitrogens is 1. The number of nitrogens with one attached hydrogen (secondary N) is 1. The molecule has 0 spiro atoms. The fourth-order valence-electron chi connectivity index (χ4n) is 3.20. The average Bonchev–Trinajstić information content (AvgIpc) is 2.93. The Labute approximate surface area is 190 Å². The van der Waals surface area contributed by atoms with E-state index in [2.05, 4.69) is 45.9 Å². The Hall–Kier alpha value is -2.42. The van der Waals surface area contributed by atoms with Crippen molar-refractivity contribution in [2.45, 2.75) is 39.7 Å². The van der Waals surface area contributed by atoms with Crippen molar-refractivity contribution in [1.82, 2.24) is 9.88 Å². The number of carbonyl (C=O) groups is 2. The van der Waals surface area contributed by atoms with Gasteiger partial charge in [-0.15, -0.1) is 0 Å². The lowest BCUT2D eigenvalue weighted by Crippen LogP contribution is -2.29. The number of halogens is 1. The van der Waals surface area contributed by atoms with Crippen LogP contribution in [0, 0.1) is 0 Å². The van der Waals surface area contributed by atoms with E-state index in [-0.39, 0.29) is 5.91 Å². The highest BCUT2D eigenvalue weighted by Crippen LogP contribution is 2.38. The van der Waals surface area contributed by atoms with Crippen LogP contribution in [0.4, 0.5) is 10.5 Å². The van der Waals surface area contributed by atoms with Crippen molar-refractivity contribution < 1.29 is 14.3 Å². The zero-order chi connectivity index (χ0) is 22.2. The van der Waals surface area contributed by atoms with E-state index in [1.54, 1.807) is 47.0 Å². The summed E-state index contributed by atoms with van der Waals surface area (Å²) in [5.74, 6) is -0.206. The van der Waals surface area contributed by atoms with Gasteiger partial charge >= 0.3 is 6.09 Å². The highest BCUT2D eigenvalue weighted by Gasteiger charge is 2.22. The van der Waals surface area contributed by atoms with Crippen LogP contribution in [0.2, 0.25) is 0 Å². The maximum atomic E-state index is 12.8. The Morgan fingerprint density at radius 2 is 1.87 bits per heavy atom. The molecule has 30 heavy (non-hydrogen) atoms. The Morgan fingerprint density at radius 1 is 1.17 bits per heavy atom. The van der Waals surface area contributed by atoms with Gasteiger partial charge in [-0.05, 0) is 74.0 Å². The van der Waals surface area contributed by atoms with Gasteiger partial charge in [0.05, 0.1) is 16.9 Å². The minimum Gasteiger partial charge on any atom is -0.444 e. The number of rotatable bonds is 3. The number of nitrogens with zero attached hydrogens (tertiary/aromatic N) is 2. The second kappa shape index (κ2) is 8.37. The van der Waals surface area contributed by atoms with Crippen molar-refractivity contribution >= 4 is 43.9 Å². The Bertz CT molecular complexity index is 1050. The Morgan fingerprint density at radius 3 is 2.50 bits per heavy atom. The van der Waals surface area contributed by atoms with Crippen molar-refractivity contribution in [1.29, 1.82) is 0 Å². The van der Waals surface area contributed by atoms with Crippen LogP contribution in [0.5, 0.6) is 0 Å². The molecular formula is C23H26IN3O3. The predicted molar refractivity (Wildman–Crippen MR) is 128 cm³/mol. The molecule has 3 rings (SSSR count). The summed E-state index contributed by atoms with van der Waals surface area (Å²) in [6.07, 6.45) is 2.11. The van der Waals surface area contributed by atoms with Crippen LogP contribution < -0.4 is 5.32 Å². The number of benzene rings is 1. The topological polar surface area (TPSA) is 71.5 Å². The smallest absolute Gasteiger partial charge is 0.412 e. The van der Waals surface area contributed by atoms with E-state index in [0.717, 1.165) is 28.8 Å². The normalized spacial score (nSPS) is 13.2. The standard InChI is InChI=1S/C23H26IN3O3/c1-13-9-19-16(20(13)24)11-15(12-25-19)14-7-8-18(17(10-14)21(28)27(5)6)26-22(29)30-23(2,3)4/h7-8,10-12H,9H2,1-6H3,(H,26,29). The molecule has 0 saturated carbocycles. The van der Waals surface area contributed by atoms with E-state index in [1.807, 2.05) is 12.3 Å². The molecular weight excluding hydrogens is 493 g/mol. The largest absolute Gasteiger partial charge is 0.444 e. The van der Waals surface area contributed by atoms with Crippen molar-refractivity contribution in [3.63, 3.8) is 0 Å². The molecule has 158 valence electrons. The van der Waals surface area contributed by atoms with Gasteiger partial charge in [-0.25, -0.2) is 4.79 Å². The summed E-state index contributed by atoms with van der Waals surface area (Å²) in [6.45, 7) is 7.49. The molecule has 0 atom stereocenters. The van der Waals surface area contributed by atoms with Gasteiger partial charge < -0.3 is 9.64 Å². The molecule has 2 amide bonds. The van der Waals surface area contributed by atoms with Crippen LogP contribution in [0.1, 0.15) is 49.3 Å². The lowest BCUT2D eigenvalue weighted by atomic mass is 10.0. The van der Waals surface area contributed by atoms with Crippen molar-refractivity contribution in [3.05, 3.63) is 52.9 Å². The second-order valence-electron chi connectivity index (χ2n) is 8.58. The van der Waals surface area contributed by atoms with Crippen LogP contribution >= 0.6 is 22.6 Å². The number of anilines is 1. The monoisotopic (exact) mass is 519 g/mol. The van der Waals surface area contributed by atoms with Crippen LogP contribution in [0.25, 0.3) is 14.7 Å². The predicted octanol–water partition coefficient (Wildman–Crippen LogP) is 5.52. The van der Waals surface area contributed by atoms with Crippen LogP contribution in [0.3, 0.4) is 0 Å². The van der Waals surface area contributed by atoms with Gasteiger partial charge in [0.25, 0.3) is 5.91 Å². The molecule has 0 fully saturated rings. The van der Waals surface area contributed by atoms with Gasteiger partial charge in [-0.1, -0.05) is 11.6 Å². The number of hydrogen-bond acceptors (Lipinski definition) is 4. The first-order valence-corrected chi connectivity index (χ1v) is 10.7. The van der Waals surface area contributed by atoms with E-state index >= 15 is 0 Å². The van der Waals surface area contributed by atoms with E-state index in [9.17, 15) is 9.59 Å². The number of carbonyl (C=O) groups excluding carboxylic acids is 2. The number of amides is 2. The summed E-state index contributed by atoms with van der Waals surface area (Å²) < 4.78 is 6.56. The van der Waals surface area contributed by atoms with Crippen LogP contribution in [-0.2, 0) is 11.2 Å². The lowest BCUT2D eigenvalue weighted by molar-refractivity contribution is 0.0636. The molecule has 0 saturated heterocycles. The number of ether oxygens (including phenoxy) is 1. The van der Waals surface area contributed by atoms with Crippen molar-refractivity contribution in [3.8, 4) is 11.1 Å². The van der Waals surface area contributed by atoms with Crippen molar-refractivity contribution in [2.75, 3.05) is 19.4 Å². The zero-order valence-corrected chi connectivity index (χ0v) is 20.2. The van der Waals surface area contributed by atoms with Crippen molar-refractivity contribution in [2.24, 2.45) is 0 Å². The maximum Gasteiger partial charge on any atom is 0.412 e. The number of hydrogen-bond donors (Lipinski definition) is 1. The second-order valence-corrected chi connectivity index (χ2v) is 9.65. The van der Waals surface area contributed by atoms with Gasteiger partial charge in [0.1, 0.15) is 5.60 Å². The van der Waals surface area contributed by atoms with E-state index in [0.29, 0.717) is 11.3 Å². The van der Waals surface area contributed by atoms with Gasteiger partial charge in [0, 0.05) is 41.4 Å². The third-order valence-electron chi connectivity index (χ3n) is 4.64. The van der Waals surface area contributed by atoms with Gasteiger partial charge in [0.15, 0.2) is 0 Å². The molecule has 0 aliphatic heterocycles. The first-order valence-electron chi connectivity index (χ1n) is 9.67. The Balaban J connectivity index is 2.00. The summed E-state index contributed by atoms with van der Waals surface area (Å²) in [7, 11) is 3.36. The van der Waals surface area contributed by atoms with Crippen LogP contribution in [0.15, 0.2) is 36.0 Å². The molecule has 1 aromatic carbocycles. The molecule has 1 N–H and O–H groups in total. The highest BCUT2D eigenvalue weighted by atomic mass is 127. The molecule has 2 aromatic rings. The molecule has 1 heterocycles. The molecule has 0 bridgehead atoms. The van der Waals surface area contributed by atoms with E-state index in [4.69, 9.17) is 4.74 Å². The quantitative estimate of drug-likeness (QED) is 0.543. The molecule has 1 aliphatic carbocycles. The summed E-state index contributed by atoms with van der Waals surface area (Å²) in [6, 6.07) is 7.51. The number of allylic oxidation sites excluding steroid dienone is 1. The van der Waals surface area contributed by atoms with Gasteiger partial charge in [-0.2, -0.15) is 0 Å². The molecule has 6 nitrogen and oxygen atoms in total. The SMILES string of the molecule is CC1=C(I)c2cc(-c3ccc(NC(=O)OC(C)(C)C)c(C(=O)N(C)C)c3)cnc2C1. The minimum atomic E-state index is -0.630. The summed E-state index contributed by atoms with van der Waals surface area (Å²) in [5.41, 5.74) is 5.49. The molecule has 0 radical (unpaired) electrons. The molecule has 1 aliphatic rings. The fraction of sp³-hybridized carbons (Fsp3) is 0.348.